The van der Waals surface area contributed by atoms with Crippen molar-refractivity contribution in [3.63, 3.8) is 0 Å². The molecule has 1 aromatic rings. The van der Waals surface area contributed by atoms with Crippen molar-refractivity contribution in [3.8, 4) is 5.75 Å². The maximum absolute atomic E-state index is 5.27. The molecule has 0 aliphatic heterocycles. The number of hydrogen-bond acceptors (Lipinski definition) is 3. The maximum Gasteiger partial charge on any atom is 0.143 e. The summed E-state index contributed by atoms with van der Waals surface area (Å²) in [4.78, 5) is 0. The Bertz CT molecular complexity index is 252. The molecule has 3 nitrogen and oxygen atoms in total. The molecule has 0 saturated carbocycles. The first-order valence-corrected chi connectivity index (χ1v) is 3.39. The van der Waals surface area contributed by atoms with Gasteiger partial charge in [-0.1, -0.05) is 11.5 Å². The fourth-order valence-corrected chi connectivity index (χ4v) is 0.935. The number of methoxy groups -OCH3 is 1. The van der Waals surface area contributed by atoms with Crippen molar-refractivity contribution in [2.24, 2.45) is 5.84 Å². The fraction of sp³-hybridized carbons (Fsp3) is 0.143. The molecule has 0 unspecified atom stereocenters. The topological polar surface area (TPSA) is 47.3 Å². The van der Waals surface area contributed by atoms with E-state index in [-0.39, 0.29) is 0 Å². The normalized spacial score (nSPS) is 9.27. The van der Waals surface area contributed by atoms with E-state index < -0.39 is 0 Å². The number of benzene rings is 1. The van der Waals surface area contributed by atoms with Crippen molar-refractivity contribution >= 4 is 19.0 Å². The van der Waals surface area contributed by atoms with Crippen LogP contribution in [0.1, 0.15) is 0 Å². The zero-order chi connectivity index (χ0) is 8.27. The highest BCUT2D eigenvalue weighted by Gasteiger charge is 1.98. The van der Waals surface area contributed by atoms with Gasteiger partial charge in [-0.05, 0) is 12.1 Å². The first-order chi connectivity index (χ1) is 5.27. The molecule has 0 amide bonds. The molecule has 0 radical (unpaired) electrons. The molecule has 0 fully saturated rings. The molecule has 0 bridgehead atoms. The molecule has 11 heavy (non-hydrogen) atoms. The van der Waals surface area contributed by atoms with Gasteiger partial charge in [-0.2, -0.15) is 0 Å². The first-order valence-electron chi connectivity index (χ1n) is 3.39. The van der Waals surface area contributed by atoms with Crippen molar-refractivity contribution in [2.75, 3.05) is 12.5 Å². The Morgan fingerprint density at radius 2 is 2.27 bits per heavy atom. The summed E-state index contributed by atoms with van der Waals surface area (Å²) in [5.74, 6) is 6.03. The molecule has 0 aliphatic rings. The van der Waals surface area contributed by atoms with Crippen molar-refractivity contribution in [1.82, 2.24) is 0 Å². The van der Waals surface area contributed by atoms with Gasteiger partial charge in [0.25, 0.3) is 0 Å². The number of nitrogens with two attached hydrogens (primary N) is 1. The summed E-state index contributed by atoms with van der Waals surface area (Å²) < 4.78 is 5.05. The number of anilines is 1. The van der Waals surface area contributed by atoms with Gasteiger partial charge in [-0.3, -0.25) is 5.84 Å². The van der Waals surface area contributed by atoms with Crippen LogP contribution in [-0.4, -0.2) is 15.0 Å². The van der Waals surface area contributed by atoms with Crippen LogP contribution in [0.2, 0.25) is 0 Å². The van der Waals surface area contributed by atoms with Crippen LogP contribution in [0.3, 0.4) is 0 Å². The summed E-state index contributed by atoms with van der Waals surface area (Å²) in [6, 6.07) is 5.78. The first kappa shape index (κ1) is 7.95. The lowest BCUT2D eigenvalue weighted by Crippen LogP contribution is -2.11. The van der Waals surface area contributed by atoms with Gasteiger partial charge in [0.2, 0.25) is 0 Å². The minimum atomic E-state index is 0.762. The van der Waals surface area contributed by atoms with E-state index in [4.69, 9.17) is 10.6 Å². The van der Waals surface area contributed by atoms with Crippen molar-refractivity contribution in [3.05, 3.63) is 18.2 Å². The minimum Gasteiger partial charge on any atom is -0.495 e. The van der Waals surface area contributed by atoms with Crippen LogP contribution in [0.5, 0.6) is 5.75 Å². The van der Waals surface area contributed by atoms with E-state index in [1.54, 1.807) is 7.11 Å². The second-order valence-electron chi connectivity index (χ2n) is 2.35. The van der Waals surface area contributed by atoms with Crippen LogP contribution < -0.4 is 21.5 Å². The van der Waals surface area contributed by atoms with Gasteiger partial charge in [0.05, 0.1) is 12.8 Å². The van der Waals surface area contributed by atoms with Crippen LogP contribution in [0.4, 0.5) is 5.69 Å². The van der Waals surface area contributed by atoms with E-state index in [1.807, 2.05) is 26.0 Å². The number of hydrogen-bond donors (Lipinski definition) is 2. The highest BCUT2D eigenvalue weighted by Crippen LogP contribution is 2.20. The Morgan fingerprint density at radius 3 is 2.82 bits per heavy atom. The summed E-state index contributed by atoms with van der Waals surface area (Å²) in [6.45, 7) is 0. The predicted molar refractivity (Wildman–Crippen MR) is 49.0 cm³/mol. The lowest BCUT2D eigenvalue weighted by Gasteiger charge is -2.07. The second-order valence-corrected chi connectivity index (χ2v) is 2.35. The summed E-state index contributed by atoms with van der Waals surface area (Å²) >= 11 is 0. The quantitative estimate of drug-likeness (QED) is 0.331. The molecule has 4 heteroatoms. The molecule has 0 atom stereocenters. The standard InChI is InChI=1S/C7H11BN2O/c1-11-7-3-2-5(8)4-6(7)10-9/h2-4,10H,8-9H2,1H3. The summed E-state index contributed by atoms with van der Waals surface area (Å²) in [7, 11) is 3.62. The largest absolute Gasteiger partial charge is 0.495 e. The van der Waals surface area contributed by atoms with Crippen molar-refractivity contribution in [1.29, 1.82) is 0 Å². The lowest BCUT2D eigenvalue weighted by molar-refractivity contribution is 0.416. The molecular weight excluding hydrogens is 139 g/mol. The van der Waals surface area contributed by atoms with Gasteiger partial charge in [0.1, 0.15) is 13.6 Å². The second kappa shape index (κ2) is 3.30. The van der Waals surface area contributed by atoms with Gasteiger partial charge in [0.15, 0.2) is 0 Å². The smallest absolute Gasteiger partial charge is 0.143 e. The van der Waals surface area contributed by atoms with E-state index in [9.17, 15) is 0 Å². The molecule has 0 spiro atoms. The third-order valence-electron chi connectivity index (χ3n) is 1.51. The van der Waals surface area contributed by atoms with E-state index in [1.165, 1.54) is 0 Å². The Hall–Kier alpha value is -1.16. The third-order valence-corrected chi connectivity index (χ3v) is 1.51. The number of rotatable bonds is 2. The fourth-order valence-electron chi connectivity index (χ4n) is 0.935. The van der Waals surface area contributed by atoms with Gasteiger partial charge < -0.3 is 10.2 Å². The predicted octanol–water partition coefficient (Wildman–Crippen LogP) is -0.761. The van der Waals surface area contributed by atoms with Gasteiger partial charge in [0, 0.05) is 0 Å². The molecular formula is C7H11BN2O. The van der Waals surface area contributed by atoms with Crippen molar-refractivity contribution < 1.29 is 4.74 Å². The Morgan fingerprint density at radius 1 is 1.55 bits per heavy atom. The maximum atomic E-state index is 5.27. The molecule has 58 valence electrons. The SMILES string of the molecule is Bc1ccc(OC)c(NN)c1. The highest BCUT2D eigenvalue weighted by atomic mass is 16.5. The molecule has 0 saturated heterocycles. The van der Waals surface area contributed by atoms with E-state index in [0.29, 0.717) is 0 Å². The number of ether oxygens (including phenoxy) is 1. The highest BCUT2D eigenvalue weighted by molar-refractivity contribution is 6.32. The van der Waals surface area contributed by atoms with Crippen LogP contribution in [0, 0.1) is 0 Å². The zero-order valence-corrected chi connectivity index (χ0v) is 6.72. The number of nitrogen functional groups attached to an aromatic ring is 1. The monoisotopic (exact) mass is 150 g/mol. The third kappa shape index (κ3) is 1.65. The lowest BCUT2D eigenvalue weighted by atomic mass is 9.96. The van der Waals surface area contributed by atoms with E-state index in [2.05, 4.69) is 5.43 Å². The van der Waals surface area contributed by atoms with Crippen LogP contribution in [0.15, 0.2) is 18.2 Å². The molecule has 0 aliphatic carbocycles. The average molecular weight is 150 g/mol. The molecule has 1 rings (SSSR count). The Labute approximate surface area is 66.9 Å². The minimum absolute atomic E-state index is 0.762. The molecule has 0 aromatic heterocycles. The van der Waals surface area contributed by atoms with Crippen LogP contribution >= 0.6 is 0 Å². The van der Waals surface area contributed by atoms with Crippen LogP contribution in [-0.2, 0) is 0 Å². The van der Waals surface area contributed by atoms with Gasteiger partial charge >= 0.3 is 0 Å². The number of hydrazine groups is 1. The Balaban J connectivity index is 3.06. The van der Waals surface area contributed by atoms with Crippen molar-refractivity contribution in [2.45, 2.75) is 0 Å². The summed E-state index contributed by atoms with van der Waals surface area (Å²) in [5.41, 5.74) is 4.53. The van der Waals surface area contributed by atoms with Gasteiger partial charge in [-0.25, -0.2) is 0 Å². The van der Waals surface area contributed by atoms with Gasteiger partial charge in [-0.15, -0.1) is 0 Å². The average Bonchev–Trinajstić information content (AvgIpc) is 2.04. The molecule has 0 heterocycles. The van der Waals surface area contributed by atoms with E-state index >= 15 is 0 Å². The molecule has 1 aromatic carbocycles. The summed E-state index contributed by atoms with van der Waals surface area (Å²) in [5, 5.41) is 0. The summed E-state index contributed by atoms with van der Waals surface area (Å²) in [6.07, 6.45) is 0. The van der Waals surface area contributed by atoms with Crippen LogP contribution in [0.25, 0.3) is 0 Å². The number of nitrogens with one attached hydrogen (secondary N) is 1. The molecule has 3 N–H and O–H groups in total. The Kier molecular flexibility index (Phi) is 2.38. The zero-order valence-electron chi connectivity index (χ0n) is 6.72. The van der Waals surface area contributed by atoms with E-state index in [0.717, 1.165) is 16.9 Å².